The van der Waals surface area contributed by atoms with Crippen LogP contribution >= 0.6 is 23.4 Å². The number of hydrogen-bond acceptors (Lipinski definition) is 5. The van der Waals surface area contributed by atoms with Crippen molar-refractivity contribution in [2.45, 2.75) is 13.8 Å². The number of aryl methyl sites for hydroxylation is 1. The molecule has 1 amide bonds. The summed E-state index contributed by atoms with van der Waals surface area (Å²) in [6, 6.07) is 11.2. The van der Waals surface area contributed by atoms with Crippen LogP contribution < -0.4 is 9.64 Å². The Labute approximate surface area is 173 Å². The van der Waals surface area contributed by atoms with Crippen LogP contribution in [0.2, 0.25) is 5.02 Å². The van der Waals surface area contributed by atoms with E-state index >= 15 is 0 Å². The number of rotatable bonds is 5. The van der Waals surface area contributed by atoms with Crippen LogP contribution in [0.5, 0.6) is 5.75 Å². The van der Waals surface area contributed by atoms with Gasteiger partial charge in [-0.25, -0.2) is 0 Å². The molecule has 0 bridgehead atoms. The molecule has 2 aromatic carbocycles. The van der Waals surface area contributed by atoms with Gasteiger partial charge in [0.25, 0.3) is 5.91 Å². The first-order chi connectivity index (χ1) is 13.5. The standard InChI is InChI=1S/C21H21ClN2O3S/c1-13-5-4-6-17(14(13)2)24-20(26)19(28-21(24)23-3)12-15-7-8-18(16(22)11-15)27-10-9-25/h4-8,11-12,25H,9-10H2,1-3H3. The van der Waals surface area contributed by atoms with Gasteiger partial charge < -0.3 is 9.84 Å². The molecule has 3 rings (SSSR count). The largest absolute Gasteiger partial charge is 0.490 e. The Morgan fingerprint density at radius 3 is 2.75 bits per heavy atom. The van der Waals surface area contributed by atoms with E-state index in [-0.39, 0.29) is 19.1 Å². The molecule has 0 aliphatic carbocycles. The predicted octanol–water partition coefficient (Wildman–Crippen LogP) is 4.43. The fourth-order valence-electron chi connectivity index (χ4n) is 2.84. The minimum absolute atomic E-state index is 0.0827. The number of carbonyl (C=O) groups is 1. The molecule has 1 saturated heterocycles. The molecular weight excluding hydrogens is 396 g/mol. The molecule has 0 unspecified atom stereocenters. The first-order valence-corrected chi connectivity index (χ1v) is 9.96. The maximum atomic E-state index is 13.1. The molecule has 2 aromatic rings. The minimum Gasteiger partial charge on any atom is -0.490 e. The molecule has 1 aliphatic rings. The summed E-state index contributed by atoms with van der Waals surface area (Å²) in [4.78, 5) is 19.6. The molecule has 1 aliphatic heterocycles. The van der Waals surface area contributed by atoms with Crippen molar-refractivity contribution in [3.05, 3.63) is 63.0 Å². The summed E-state index contributed by atoms with van der Waals surface area (Å²) in [5, 5.41) is 9.92. The number of amidine groups is 1. The lowest BCUT2D eigenvalue weighted by molar-refractivity contribution is -0.113. The first kappa shape index (κ1) is 20.5. The number of ether oxygens (including phenoxy) is 1. The maximum absolute atomic E-state index is 13.1. The number of carbonyl (C=O) groups excluding carboxylic acids is 1. The lowest BCUT2D eigenvalue weighted by Gasteiger charge is -2.19. The van der Waals surface area contributed by atoms with Crippen molar-refractivity contribution in [2.75, 3.05) is 25.2 Å². The van der Waals surface area contributed by atoms with Gasteiger partial charge >= 0.3 is 0 Å². The van der Waals surface area contributed by atoms with Gasteiger partial charge in [-0.1, -0.05) is 29.8 Å². The lowest BCUT2D eigenvalue weighted by atomic mass is 10.1. The van der Waals surface area contributed by atoms with Gasteiger partial charge in [-0.15, -0.1) is 0 Å². The number of anilines is 1. The summed E-state index contributed by atoms with van der Waals surface area (Å²) >= 11 is 7.58. The Bertz CT molecular complexity index is 972. The van der Waals surface area contributed by atoms with E-state index in [2.05, 4.69) is 4.99 Å². The van der Waals surface area contributed by atoms with Gasteiger partial charge in [0, 0.05) is 7.05 Å². The summed E-state index contributed by atoms with van der Waals surface area (Å²) < 4.78 is 5.36. The molecule has 0 aromatic heterocycles. The van der Waals surface area contributed by atoms with E-state index < -0.39 is 0 Å². The lowest BCUT2D eigenvalue weighted by Crippen LogP contribution is -2.29. The molecule has 7 heteroatoms. The number of hydrogen-bond donors (Lipinski definition) is 1. The van der Waals surface area contributed by atoms with E-state index in [0.29, 0.717) is 20.8 Å². The zero-order valence-electron chi connectivity index (χ0n) is 15.9. The number of amides is 1. The fourth-order valence-corrected chi connectivity index (χ4v) is 4.02. The molecule has 28 heavy (non-hydrogen) atoms. The average Bonchev–Trinajstić information content (AvgIpc) is 2.99. The Morgan fingerprint density at radius 2 is 2.07 bits per heavy atom. The van der Waals surface area contributed by atoms with Gasteiger partial charge in [0.1, 0.15) is 12.4 Å². The number of aliphatic hydroxyl groups is 1. The second-order valence-electron chi connectivity index (χ2n) is 6.24. The Balaban J connectivity index is 1.93. The second-order valence-corrected chi connectivity index (χ2v) is 7.65. The molecule has 0 spiro atoms. The molecular formula is C21H21ClN2O3S. The van der Waals surface area contributed by atoms with Crippen molar-refractivity contribution in [3.63, 3.8) is 0 Å². The fraction of sp³-hybridized carbons (Fsp3) is 0.238. The number of thioether (sulfide) groups is 1. The smallest absolute Gasteiger partial charge is 0.271 e. The van der Waals surface area contributed by atoms with Crippen LogP contribution in [0.15, 0.2) is 46.3 Å². The number of benzene rings is 2. The number of halogens is 1. The maximum Gasteiger partial charge on any atom is 0.271 e. The van der Waals surface area contributed by atoms with Crippen LogP contribution in [0, 0.1) is 13.8 Å². The van der Waals surface area contributed by atoms with Crippen molar-refractivity contribution in [2.24, 2.45) is 4.99 Å². The van der Waals surface area contributed by atoms with Crippen molar-refractivity contribution < 1.29 is 14.6 Å². The molecule has 5 nitrogen and oxygen atoms in total. The Kier molecular flexibility index (Phi) is 6.44. The highest BCUT2D eigenvalue weighted by Crippen LogP contribution is 2.38. The normalized spacial score (nSPS) is 17.0. The van der Waals surface area contributed by atoms with E-state index in [4.69, 9.17) is 21.4 Å². The summed E-state index contributed by atoms with van der Waals surface area (Å²) in [5.74, 6) is 0.382. The van der Waals surface area contributed by atoms with Crippen LogP contribution in [0.25, 0.3) is 6.08 Å². The van der Waals surface area contributed by atoms with E-state index in [1.165, 1.54) is 11.8 Å². The average molecular weight is 417 g/mol. The number of nitrogens with zero attached hydrogens (tertiary/aromatic N) is 2. The molecule has 0 radical (unpaired) electrons. The Morgan fingerprint density at radius 1 is 1.29 bits per heavy atom. The summed E-state index contributed by atoms with van der Waals surface area (Å²) in [6.07, 6.45) is 1.80. The predicted molar refractivity (Wildman–Crippen MR) is 116 cm³/mol. The van der Waals surface area contributed by atoms with Crippen molar-refractivity contribution in [1.29, 1.82) is 0 Å². The van der Waals surface area contributed by atoms with E-state index in [1.54, 1.807) is 30.2 Å². The van der Waals surface area contributed by atoms with Gasteiger partial charge in [-0.05, 0) is 66.6 Å². The molecule has 0 saturated carbocycles. The van der Waals surface area contributed by atoms with Gasteiger partial charge in [-0.2, -0.15) is 0 Å². The Hall–Kier alpha value is -2.28. The molecule has 0 atom stereocenters. The van der Waals surface area contributed by atoms with Crippen molar-refractivity contribution in [3.8, 4) is 5.75 Å². The van der Waals surface area contributed by atoms with Crippen LogP contribution in [0.1, 0.15) is 16.7 Å². The van der Waals surface area contributed by atoms with Crippen LogP contribution in [0.4, 0.5) is 5.69 Å². The zero-order chi connectivity index (χ0) is 20.3. The van der Waals surface area contributed by atoms with Gasteiger partial charge in [0.05, 0.1) is 22.2 Å². The number of aliphatic hydroxyl groups excluding tert-OH is 1. The van der Waals surface area contributed by atoms with Crippen LogP contribution in [-0.4, -0.2) is 36.4 Å². The second kappa shape index (κ2) is 8.82. The quantitative estimate of drug-likeness (QED) is 0.732. The number of aliphatic imine (C=N–C) groups is 1. The van der Waals surface area contributed by atoms with Crippen LogP contribution in [-0.2, 0) is 4.79 Å². The van der Waals surface area contributed by atoms with E-state index in [0.717, 1.165) is 22.4 Å². The summed E-state index contributed by atoms with van der Waals surface area (Å²) in [5.41, 5.74) is 3.79. The third kappa shape index (κ3) is 4.09. The highest BCUT2D eigenvalue weighted by molar-refractivity contribution is 8.19. The third-order valence-electron chi connectivity index (χ3n) is 4.42. The zero-order valence-corrected chi connectivity index (χ0v) is 17.5. The van der Waals surface area contributed by atoms with Gasteiger partial charge in [-0.3, -0.25) is 14.7 Å². The molecule has 1 N–H and O–H groups in total. The van der Waals surface area contributed by atoms with E-state index in [9.17, 15) is 4.79 Å². The molecule has 146 valence electrons. The topological polar surface area (TPSA) is 62.1 Å². The third-order valence-corrected chi connectivity index (χ3v) is 5.77. The summed E-state index contributed by atoms with van der Waals surface area (Å²) in [6.45, 7) is 4.12. The van der Waals surface area contributed by atoms with Crippen LogP contribution in [0.3, 0.4) is 0 Å². The van der Waals surface area contributed by atoms with Gasteiger partial charge in [0.2, 0.25) is 0 Å². The first-order valence-electron chi connectivity index (χ1n) is 8.76. The van der Waals surface area contributed by atoms with E-state index in [1.807, 2.05) is 38.1 Å². The highest BCUT2D eigenvalue weighted by atomic mass is 35.5. The van der Waals surface area contributed by atoms with Crippen molar-refractivity contribution in [1.82, 2.24) is 0 Å². The monoisotopic (exact) mass is 416 g/mol. The van der Waals surface area contributed by atoms with Gasteiger partial charge in [0.15, 0.2) is 5.17 Å². The molecule has 1 heterocycles. The SMILES string of the molecule is CN=C1SC(=Cc2ccc(OCCO)c(Cl)c2)C(=O)N1c1cccc(C)c1C. The summed E-state index contributed by atoms with van der Waals surface area (Å²) in [7, 11) is 1.68. The molecule has 1 fully saturated rings. The highest BCUT2D eigenvalue weighted by Gasteiger charge is 2.35. The minimum atomic E-state index is -0.115. The van der Waals surface area contributed by atoms with Crippen molar-refractivity contribution >= 4 is 46.2 Å².